The van der Waals surface area contributed by atoms with E-state index >= 15 is 0 Å². The first-order chi connectivity index (χ1) is 43.6. The molecule has 5 aliphatic rings. The predicted octanol–water partition coefficient (Wildman–Crippen LogP) is 6.62. The molecule has 0 bridgehead atoms. The third kappa shape index (κ3) is 25.3. The molecule has 10 rings (SSSR count). The van der Waals surface area contributed by atoms with Gasteiger partial charge in [-0.05, 0) is 88.2 Å². The van der Waals surface area contributed by atoms with E-state index in [1.54, 1.807) is 31.0 Å². The van der Waals surface area contributed by atoms with Crippen LogP contribution in [0.25, 0.3) is 0 Å². The summed E-state index contributed by atoms with van der Waals surface area (Å²) >= 11 is 0. The third-order valence-electron chi connectivity index (χ3n) is 18.9. The van der Waals surface area contributed by atoms with Crippen LogP contribution in [0.4, 0.5) is 29.1 Å². The minimum Gasteiger partial charge on any atom is -0.619 e. The maximum Gasteiger partial charge on any atom is 2.00 e. The molecular weight excluding hydrogens is 2110 g/mol. The van der Waals surface area contributed by atoms with Crippen LogP contribution in [0.3, 0.4) is 0 Å². The molecule has 5 aliphatic heterocycles. The molecule has 0 amide bonds. The van der Waals surface area contributed by atoms with E-state index in [4.69, 9.17) is 0 Å². The second kappa shape index (κ2) is 47.2. The van der Waals surface area contributed by atoms with Crippen molar-refractivity contribution in [1.29, 1.82) is 0 Å². The molecule has 96 heavy (non-hydrogen) atoms. The second-order valence-corrected chi connectivity index (χ2v) is 25.3. The van der Waals surface area contributed by atoms with Crippen molar-refractivity contribution >= 4 is 98.9 Å². The van der Waals surface area contributed by atoms with Crippen LogP contribution in [0.15, 0.2) is 61.3 Å². The van der Waals surface area contributed by atoms with Crippen LogP contribution in [-0.2, 0) is 105 Å². The Morgan fingerprint density at radius 2 is 0.552 bits per heavy atom. The van der Waals surface area contributed by atoms with Crippen LogP contribution >= 0.6 is 0 Å². The van der Waals surface area contributed by atoms with E-state index < -0.39 is 0 Å². The number of nitrogens with zero attached hydrogens (tertiary/aromatic N) is 25. The van der Waals surface area contributed by atoms with Crippen LogP contribution in [0.2, 0.25) is 68.2 Å². The summed E-state index contributed by atoms with van der Waals surface area (Å²) in [5, 5.41) is 40.4. The molecule has 5 aromatic rings. The Morgan fingerprint density at radius 1 is 0.312 bits per heavy atom. The number of rotatable bonds is 20. The fourth-order valence-corrected chi connectivity index (χ4v) is 12.7. The third-order valence-corrected chi connectivity index (χ3v) is 18.9. The van der Waals surface area contributed by atoms with E-state index in [2.05, 4.69) is 301 Å². The van der Waals surface area contributed by atoms with Crippen LogP contribution < -0.4 is 49.5 Å². The molecule has 40 heteroatoms. The summed E-state index contributed by atoms with van der Waals surface area (Å²) in [6.07, 6.45) is 21.3. The van der Waals surface area contributed by atoms with Gasteiger partial charge in [-0.2, -0.15) is 0 Å². The molecule has 0 atom stereocenters. The largest absolute Gasteiger partial charge is 2.00 e. The summed E-state index contributed by atoms with van der Waals surface area (Å²) in [6.45, 7) is 54.5. The Hall–Kier alpha value is -1.26. The van der Waals surface area contributed by atoms with E-state index in [1.165, 1.54) is 57.8 Å². The van der Waals surface area contributed by atoms with Gasteiger partial charge in [0.15, 0.2) is 34.9 Å². The molecule has 0 aromatic carbocycles. The Bertz CT molecular complexity index is 2670. The first-order valence-corrected chi connectivity index (χ1v) is 33.9. The molecule has 0 aliphatic carbocycles. The van der Waals surface area contributed by atoms with Crippen molar-refractivity contribution in [3.05, 3.63) is 94.7 Å². The topological polar surface area (TPSA) is 184 Å². The van der Waals surface area contributed by atoms with Gasteiger partial charge in [-0.15, -0.1) is 0 Å². The van der Waals surface area contributed by atoms with Crippen LogP contribution in [0.5, 0.6) is 0 Å². The predicted molar refractivity (Wildman–Crippen MR) is 389 cm³/mol. The van der Waals surface area contributed by atoms with Crippen molar-refractivity contribution in [2.45, 2.75) is 180 Å². The number of hydrogen-bond acceptors (Lipinski definition) is 20. The van der Waals surface area contributed by atoms with Gasteiger partial charge in [-0.3, -0.25) is 58.8 Å². The monoisotopic (exact) mass is 2210 g/mol. The molecule has 25 nitrogen and oxygen atoms in total. The molecule has 536 valence electrons. The second-order valence-electron chi connectivity index (χ2n) is 25.3. The SMILES string of the molecule is CB1N(C)[CH-]N(c2ccn[n-]2)B(C)N1C(C)C.CCCCCCN1B(C)N(C)[CH-]N(c2ccn[n-]2)B1C.CCCCCN1B(C)N(C)[CH-]N(c2ccn[n-]2)B1C.CCCCN1B(C)N(C)[CH-]N(c2ccn[n-]2)B1C.CCCN1B(C)N(C)[CH-]N(c2ccn[n-]2)B1C.[Pt+2].[Pt+2].[Pt+2].[Pt+2].[Pt+2]. The van der Waals surface area contributed by atoms with Gasteiger partial charge in [0.05, 0.1) is 0 Å². The molecule has 10 heterocycles. The van der Waals surface area contributed by atoms with Crippen LogP contribution in [0.1, 0.15) is 106 Å². The smallest absolute Gasteiger partial charge is 0.619 e. The Morgan fingerprint density at radius 3 is 0.802 bits per heavy atom. The fourth-order valence-electron chi connectivity index (χ4n) is 12.7. The van der Waals surface area contributed by atoms with Crippen molar-refractivity contribution < 1.29 is 105 Å². The van der Waals surface area contributed by atoms with Gasteiger partial charge >= 0.3 is 105 Å². The van der Waals surface area contributed by atoms with Crippen LogP contribution in [0, 0.1) is 33.3 Å². The fraction of sp³-hybridized carbons (Fsp3) is 0.643. The van der Waals surface area contributed by atoms with Crippen molar-refractivity contribution in [2.75, 3.05) is 85.5 Å². The van der Waals surface area contributed by atoms with Crippen molar-refractivity contribution in [1.82, 2.24) is 98.7 Å². The number of anilines is 5. The van der Waals surface area contributed by atoms with Gasteiger partial charge in [0.25, 0.3) is 34.9 Å². The van der Waals surface area contributed by atoms with Crippen molar-refractivity contribution in [3.8, 4) is 0 Å². The molecule has 5 aromatic heterocycles. The molecular formula is C56H107B10N25Pt5. The van der Waals surface area contributed by atoms with E-state index in [9.17, 15) is 0 Å². The Balaban J connectivity index is 0.000000593. The molecule has 0 radical (unpaired) electrons. The van der Waals surface area contributed by atoms with Crippen molar-refractivity contribution in [3.63, 3.8) is 0 Å². The summed E-state index contributed by atoms with van der Waals surface area (Å²) in [4.78, 5) is 22.0. The van der Waals surface area contributed by atoms with E-state index in [0.717, 1.165) is 61.7 Å². The molecule has 5 fully saturated rings. The average molecular weight is 2210 g/mol. The average Bonchev–Trinajstić information content (AvgIpc) is 1.37. The summed E-state index contributed by atoms with van der Waals surface area (Å²) < 4.78 is 12.5. The number of aromatic nitrogens is 10. The normalized spacial score (nSPS) is 17.8. The summed E-state index contributed by atoms with van der Waals surface area (Å²) in [5.41, 5.74) is 0. The molecule has 0 saturated carbocycles. The van der Waals surface area contributed by atoms with Crippen LogP contribution in [-0.4, -0.2) is 210 Å². The zero-order valence-electron chi connectivity index (χ0n) is 61.2. The van der Waals surface area contributed by atoms with Gasteiger partial charge in [0, 0.05) is 31.0 Å². The minimum atomic E-state index is 0. The first-order valence-electron chi connectivity index (χ1n) is 33.9. The van der Waals surface area contributed by atoms with E-state index in [1.807, 2.05) is 30.3 Å². The Labute approximate surface area is 657 Å². The van der Waals surface area contributed by atoms with Crippen molar-refractivity contribution in [2.24, 2.45) is 0 Å². The first kappa shape index (κ1) is 92.8. The summed E-state index contributed by atoms with van der Waals surface area (Å²) in [5.74, 6) is 4.59. The maximum atomic E-state index is 4.19. The molecule has 0 N–H and O–H groups in total. The van der Waals surface area contributed by atoms with Gasteiger partial charge in [0.2, 0.25) is 0 Å². The van der Waals surface area contributed by atoms with Gasteiger partial charge in [-0.25, -0.2) is 0 Å². The maximum absolute atomic E-state index is 4.19. The summed E-state index contributed by atoms with van der Waals surface area (Å²) in [7, 11) is 10.5. The van der Waals surface area contributed by atoms with E-state index in [-0.39, 0.29) is 112 Å². The standard InChI is InChI=1S/C13H25B2N5.C12H23B2N5.C11H21B2N5.2C10H19B2N5.5Pt/c1-5-6-7-8-11-20-14(2)18(4)12-19(15(20)3)13-9-10-16-17-13;1-5-6-7-10-19-13(2)17(4)11-18(14(19)3)12-8-9-15-16-12;1-5-6-9-18-12(2)16(4)10-17(13(18)3)11-7-8-14-15-11;1-9(2)17-11(3)15(5)8-16(12(17)4)10-6-7-13-14-10;1-5-8-17-11(2)15(4)9-16(12(17)3)10-6-7-13-14-10;;;;;/h9-10,12H,5-8,11H2,1-4H3;8-9,11H,5-7,10H2,1-4H3;7-8,10H,5-6,9H2,1-4H3;6-9H,1-5H3;6-7,9H,5,8H2,1-4H3;;;;;/q5*-2;5*+2. The number of hydrogen-bond donors (Lipinski definition) is 0. The zero-order chi connectivity index (χ0) is 66.5. The Kier molecular flexibility index (Phi) is 45.6. The zero-order valence-corrected chi connectivity index (χ0v) is 72.5. The van der Waals surface area contributed by atoms with E-state index in [0.29, 0.717) is 68.9 Å². The number of unbranched alkanes of at least 4 members (excludes halogenated alkanes) is 6. The molecule has 0 unspecified atom stereocenters. The van der Waals surface area contributed by atoms with Gasteiger partial charge in [0.1, 0.15) is 0 Å². The molecule has 5 saturated heterocycles. The minimum absolute atomic E-state index is 0. The quantitative estimate of drug-likeness (QED) is 0.0460. The van der Waals surface area contributed by atoms with Gasteiger partial charge < -0.3 is 97.2 Å². The molecule has 0 spiro atoms. The summed E-state index contributed by atoms with van der Waals surface area (Å²) in [6, 6.07) is 10.2. The van der Waals surface area contributed by atoms with Gasteiger partial charge in [-0.1, -0.05) is 213 Å².